The lowest BCUT2D eigenvalue weighted by atomic mass is 9.93. The molecular weight excluding hydrogens is 475 g/mol. The molecule has 1 fully saturated rings. The van der Waals surface area contributed by atoms with Crippen LogP contribution in [0.3, 0.4) is 0 Å². The number of aliphatic hydroxyl groups excluding tert-OH is 1. The van der Waals surface area contributed by atoms with Crippen LogP contribution in [0, 0.1) is 17.0 Å². The van der Waals surface area contributed by atoms with Gasteiger partial charge in [0.05, 0.1) is 24.0 Å². The van der Waals surface area contributed by atoms with Crippen LogP contribution >= 0.6 is 0 Å². The Hall–Kier alpha value is -3.41. The van der Waals surface area contributed by atoms with Gasteiger partial charge >= 0.3 is 6.18 Å². The van der Waals surface area contributed by atoms with Crippen molar-refractivity contribution in [2.75, 3.05) is 25.1 Å². The molecule has 0 saturated heterocycles. The van der Waals surface area contributed by atoms with E-state index in [0.717, 1.165) is 12.1 Å². The Kier molecular flexibility index (Phi) is 5.38. The lowest BCUT2D eigenvalue weighted by Gasteiger charge is -2.30. The van der Waals surface area contributed by atoms with Crippen molar-refractivity contribution in [3.8, 4) is 11.5 Å². The normalized spacial score (nSPS) is 21.4. The predicted octanol–water partition coefficient (Wildman–Crippen LogP) is 5.02. The number of hydrogen-bond donors (Lipinski definition) is 3. The van der Waals surface area contributed by atoms with E-state index in [2.05, 4.69) is 20.3 Å². The summed E-state index contributed by atoms with van der Waals surface area (Å²) in [4.78, 5) is 10.8. The number of halogens is 5. The number of aromatic amines is 1. The second-order valence-electron chi connectivity index (χ2n) is 9.19. The molecule has 12 heteroatoms. The number of anilines is 1. The molecule has 0 unspecified atom stereocenters. The second-order valence-corrected chi connectivity index (χ2v) is 9.19. The van der Waals surface area contributed by atoms with E-state index in [1.165, 1.54) is 18.5 Å². The number of rotatable bonds is 5. The van der Waals surface area contributed by atoms with E-state index in [0.29, 0.717) is 0 Å². The van der Waals surface area contributed by atoms with Crippen LogP contribution in [-0.2, 0) is 10.2 Å². The molecule has 1 aromatic carbocycles. The van der Waals surface area contributed by atoms with Gasteiger partial charge in [-0.2, -0.15) is 13.2 Å². The second kappa shape index (κ2) is 8.08. The smallest absolute Gasteiger partial charge is 0.398 e. The molecule has 5 rings (SSSR count). The molecule has 0 radical (unpaired) electrons. The average molecular weight is 496 g/mol. The Morgan fingerprint density at radius 3 is 2.51 bits per heavy atom. The van der Waals surface area contributed by atoms with E-state index in [1.807, 2.05) is 0 Å². The first-order valence-electron chi connectivity index (χ1n) is 10.8. The minimum Gasteiger partial charge on any atom is -0.464 e. The Morgan fingerprint density at radius 1 is 1.23 bits per heavy atom. The molecule has 0 spiro atoms. The lowest BCUT2D eigenvalue weighted by Crippen LogP contribution is -2.38. The summed E-state index contributed by atoms with van der Waals surface area (Å²) in [5.74, 6) is -3.08. The minimum absolute atomic E-state index is 0.00471. The number of nitrogens with zero attached hydrogens (tertiary/aromatic N) is 2. The topological polar surface area (TPSA) is 91.8 Å². The van der Waals surface area contributed by atoms with Gasteiger partial charge < -0.3 is 24.9 Å². The first-order valence-corrected chi connectivity index (χ1v) is 10.8. The van der Waals surface area contributed by atoms with Gasteiger partial charge in [-0.3, -0.25) is 0 Å². The Balaban J connectivity index is 1.44. The monoisotopic (exact) mass is 496 g/mol. The lowest BCUT2D eigenvalue weighted by molar-refractivity contribution is -0.160. The van der Waals surface area contributed by atoms with Gasteiger partial charge in [-0.05, 0) is 24.5 Å². The summed E-state index contributed by atoms with van der Waals surface area (Å²) in [5.41, 5.74) is -2.53. The van der Waals surface area contributed by atoms with Crippen molar-refractivity contribution in [1.29, 1.82) is 0 Å². The number of amidine groups is 1. The third-order valence-corrected chi connectivity index (χ3v) is 6.35. The highest BCUT2D eigenvalue weighted by molar-refractivity contribution is 5.90. The number of H-pyrrole nitrogens is 1. The SMILES string of the molecule is C[C@]1(CO)CN=C(Nc2cc(F)c(Oc3ccnc4[nH]cc(C5(C(F)(F)F)CC5)c34)c(F)c2)OC1. The molecule has 1 aliphatic carbocycles. The van der Waals surface area contributed by atoms with Gasteiger partial charge in [-0.15, -0.1) is 0 Å². The number of hydrogen-bond acceptors (Lipinski definition) is 6. The molecule has 2 aliphatic rings. The summed E-state index contributed by atoms with van der Waals surface area (Å²) in [5, 5.41) is 12.1. The quantitative estimate of drug-likeness (QED) is 0.432. The Bertz CT molecular complexity index is 1300. The highest BCUT2D eigenvalue weighted by atomic mass is 19.4. The Labute approximate surface area is 196 Å². The number of aromatic nitrogens is 2. The number of aliphatic hydroxyl groups is 1. The fourth-order valence-electron chi connectivity index (χ4n) is 4.05. The minimum atomic E-state index is -4.49. The third kappa shape index (κ3) is 4.05. The first kappa shape index (κ1) is 23.3. The molecule has 186 valence electrons. The van der Waals surface area contributed by atoms with E-state index in [-0.39, 0.29) is 66.7 Å². The summed E-state index contributed by atoms with van der Waals surface area (Å²) >= 11 is 0. The van der Waals surface area contributed by atoms with Gasteiger partial charge in [-0.25, -0.2) is 18.8 Å². The molecule has 0 amide bonds. The molecule has 0 bridgehead atoms. The maximum atomic E-state index is 14.9. The van der Waals surface area contributed by atoms with Crippen molar-refractivity contribution in [1.82, 2.24) is 9.97 Å². The number of fused-ring (bicyclic) bond motifs is 1. The molecule has 2 aromatic heterocycles. The number of alkyl halides is 3. The fourth-order valence-corrected chi connectivity index (χ4v) is 4.05. The van der Waals surface area contributed by atoms with E-state index in [4.69, 9.17) is 9.47 Å². The van der Waals surface area contributed by atoms with Gasteiger partial charge in [-0.1, -0.05) is 6.92 Å². The van der Waals surface area contributed by atoms with Crippen molar-refractivity contribution in [2.24, 2.45) is 10.4 Å². The maximum Gasteiger partial charge on any atom is 0.398 e. The van der Waals surface area contributed by atoms with E-state index in [9.17, 15) is 27.1 Å². The van der Waals surface area contributed by atoms with Gasteiger partial charge in [0, 0.05) is 35.6 Å². The fraction of sp³-hybridized carbons (Fsp3) is 0.391. The molecular formula is C23H21F5N4O3. The zero-order valence-electron chi connectivity index (χ0n) is 18.5. The number of ether oxygens (including phenoxy) is 2. The molecule has 3 aromatic rings. The van der Waals surface area contributed by atoms with Crippen LogP contribution in [0.2, 0.25) is 0 Å². The standard InChI is InChI=1S/C23H21F5N4O3/c1-21(10-33)9-31-20(34-11-21)32-12-6-14(24)18(15(25)7-12)35-16-2-5-29-19-17(16)13(8-30-19)22(3-4-22)23(26,27)28/h2,5-8,33H,3-4,9-11H2,1H3,(H,29,30)(H,31,32)/t21-/m1/s1. The predicted molar refractivity (Wildman–Crippen MR) is 117 cm³/mol. The van der Waals surface area contributed by atoms with E-state index in [1.54, 1.807) is 6.92 Å². The highest BCUT2D eigenvalue weighted by Gasteiger charge is 2.65. The third-order valence-electron chi connectivity index (χ3n) is 6.35. The van der Waals surface area contributed by atoms with Crippen LogP contribution in [0.25, 0.3) is 11.0 Å². The summed E-state index contributed by atoms with van der Waals surface area (Å²) < 4.78 is 81.8. The van der Waals surface area contributed by atoms with E-state index < -0.39 is 34.4 Å². The number of benzene rings is 1. The van der Waals surface area contributed by atoms with Crippen molar-refractivity contribution < 1.29 is 36.5 Å². The van der Waals surface area contributed by atoms with Crippen LogP contribution in [-0.4, -0.2) is 47.0 Å². The van der Waals surface area contributed by atoms with Crippen LogP contribution in [0.4, 0.5) is 27.6 Å². The van der Waals surface area contributed by atoms with Crippen molar-refractivity contribution in [3.63, 3.8) is 0 Å². The maximum absolute atomic E-state index is 14.9. The number of aliphatic imine (C=N–C) groups is 1. The number of pyridine rings is 1. The molecule has 7 nitrogen and oxygen atoms in total. The van der Waals surface area contributed by atoms with Gasteiger partial charge in [0.25, 0.3) is 6.02 Å². The van der Waals surface area contributed by atoms with Crippen LogP contribution in [0.15, 0.2) is 35.6 Å². The van der Waals surface area contributed by atoms with Gasteiger partial charge in [0.15, 0.2) is 17.4 Å². The molecule has 1 atom stereocenters. The average Bonchev–Trinajstić information content (AvgIpc) is 3.51. The van der Waals surface area contributed by atoms with Crippen molar-refractivity contribution in [3.05, 3.63) is 47.8 Å². The van der Waals surface area contributed by atoms with Crippen molar-refractivity contribution >= 4 is 22.7 Å². The molecule has 3 heterocycles. The molecule has 3 N–H and O–H groups in total. The summed E-state index contributed by atoms with van der Waals surface area (Å²) in [6.45, 7) is 2.07. The van der Waals surface area contributed by atoms with Crippen molar-refractivity contribution in [2.45, 2.75) is 31.4 Å². The van der Waals surface area contributed by atoms with Gasteiger partial charge in [0.2, 0.25) is 0 Å². The zero-order valence-corrected chi connectivity index (χ0v) is 18.5. The largest absolute Gasteiger partial charge is 0.464 e. The van der Waals surface area contributed by atoms with E-state index >= 15 is 0 Å². The van der Waals surface area contributed by atoms with Crippen LogP contribution < -0.4 is 10.1 Å². The van der Waals surface area contributed by atoms with Gasteiger partial charge in [0.1, 0.15) is 18.0 Å². The highest BCUT2D eigenvalue weighted by Crippen LogP contribution is 2.61. The first-order chi connectivity index (χ1) is 16.6. The number of nitrogens with one attached hydrogen (secondary N) is 2. The van der Waals surface area contributed by atoms with Crippen LogP contribution in [0.1, 0.15) is 25.3 Å². The molecule has 35 heavy (non-hydrogen) atoms. The Morgan fingerprint density at radius 2 is 1.94 bits per heavy atom. The summed E-state index contributed by atoms with van der Waals surface area (Å²) in [6, 6.07) is 3.22. The molecule has 1 aliphatic heterocycles. The summed E-state index contributed by atoms with van der Waals surface area (Å²) in [6.07, 6.45) is -2.18. The molecule has 1 saturated carbocycles. The van der Waals surface area contributed by atoms with Crippen LogP contribution in [0.5, 0.6) is 11.5 Å². The zero-order chi connectivity index (χ0) is 25.0. The summed E-state index contributed by atoms with van der Waals surface area (Å²) in [7, 11) is 0.